The lowest BCUT2D eigenvalue weighted by Crippen LogP contribution is -2.47. The van der Waals surface area contributed by atoms with Crippen molar-refractivity contribution in [2.75, 3.05) is 12.3 Å². The first kappa shape index (κ1) is 17.8. The van der Waals surface area contributed by atoms with Crippen molar-refractivity contribution >= 4 is 23.6 Å². The fraction of sp³-hybridized carbons (Fsp3) is 0.529. The molecule has 4 nitrogen and oxygen atoms in total. The first-order valence-electron chi connectivity index (χ1n) is 7.98. The first-order chi connectivity index (χ1) is 11.0. The molecule has 2 amide bonds. The van der Waals surface area contributed by atoms with Crippen molar-refractivity contribution in [2.45, 2.75) is 44.5 Å². The number of rotatable bonds is 6. The number of carbonyl (C=O) groups excluding carboxylic acids is 2. The molecule has 126 valence electrons. The van der Waals surface area contributed by atoms with Gasteiger partial charge in [0, 0.05) is 19.2 Å². The highest BCUT2D eigenvalue weighted by atomic mass is 32.2. The van der Waals surface area contributed by atoms with E-state index in [1.807, 2.05) is 0 Å². The molecule has 1 aliphatic rings. The van der Waals surface area contributed by atoms with Crippen molar-refractivity contribution in [3.8, 4) is 0 Å². The van der Waals surface area contributed by atoms with Gasteiger partial charge in [-0.1, -0.05) is 31.9 Å². The quantitative estimate of drug-likeness (QED) is 0.811. The van der Waals surface area contributed by atoms with Gasteiger partial charge in [-0.15, -0.1) is 11.8 Å². The summed E-state index contributed by atoms with van der Waals surface area (Å²) in [6.45, 7) is 4.19. The summed E-state index contributed by atoms with van der Waals surface area (Å²) < 4.78 is 13.5. The van der Waals surface area contributed by atoms with Gasteiger partial charge >= 0.3 is 0 Å². The Labute approximate surface area is 140 Å². The summed E-state index contributed by atoms with van der Waals surface area (Å²) >= 11 is 1.50. The number of amides is 2. The number of halogens is 1. The van der Waals surface area contributed by atoms with Crippen LogP contribution in [0.3, 0.4) is 0 Å². The smallest absolute Gasteiger partial charge is 0.243 e. The Balaban J connectivity index is 2.07. The zero-order chi connectivity index (χ0) is 16.8. The molecule has 1 saturated heterocycles. The Morgan fingerprint density at radius 2 is 2.17 bits per heavy atom. The molecule has 0 spiro atoms. The first-order valence-corrected chi connectivity index (χ1v) is 9.03. The Morgan fingerprint density at radius 3 is 2.83 bits per heavy atom. The van der Waals surface area contributed by atoms with Gasteiger partial charge in [0.2, 0.25) is 11.8 Å². The van der Waals surface area contributed by atoms with E-state index in [4.69, 9.17) is 0 Å². The molecule has 6 heteroatoms. The molecule has 23 heavy (non-hydrogen) atoms. The maximum atomic E-state index is 13.5. The van der Waals surface area contributed by atoms with E-state index >= 15 is 0 Å². The SMILES string of the molecule is CCCCCNC(=O)[C@H]1CS[C@H](c2cccc(F)c2)N1C(C)=O. The third kappa shape index (κ3) is 4.47. The van der Waals surface area contributed by atoms with Crippen LogP contribution in [0.1, 0.15) is 44.0 Å². The molecule has 1 aromatic carbocycles. The van der Waals surface area contributed by atoms with Gasteiger partial charge in [0.15, 0.2) is 0 Å². The van der Waals surface area contributed by atoms with Gasteiger partial charge in [-0.25, -0.2) is 4.39 Å². The molecule has 1 N–H and O–H groups in total. The summed E-state index contributed by atoms with van der Waals surface area (Å²) in [5, 5.41) is 2.60. The minimum atomic E-state index is -0.493. The van der Waals surface area contributed by atoms with E-state index in [-0.39, 0.29) is 23.0 Å². The van der Waals surface area contributed by atoms with Crippen LogP contribution in [0.5, 0.6) is 0 Å². The molecule has 0 unspecified atom stereocenters. The van der Waals surface area contributed by atoms with Crippen LogP contribution in [-0.2, 0) is 9.59 Å². The molecule has 1 aromatic rings. The topological polar surface area (TPSA) is 49.4 Å². The lowest BCUT2D eigenvalue weighted by molar-refractivity contribution is -0.138. The molecule has 2 atom stereocenters. The lowest BCUT2D eigenvalue weighted by atomic mass is 10.1. The number of nitrogens with one attached hydrogen (secondary N) is 1. The van der Waals surface area contributed by atoms with Crippen LogP contribution in [0, 0.1) is 5.82 Å². The predicted octanol–water partition coefficient (Wildman–Crippen LogP) is 3.09. The minimum absolute atomic E-state index is 0.122. The number of thioether (sulfide) groups is 1. The van der Waals surface area contributed by atoms with Gasteiger partial charge in [0.25, 0.3) is 0 Å². The predicted molar refractivity (Wildman–Crippen MR) is 90.4 cm³/mol. The lowest BCUT2D eigenvalue weighted by Gasteiger charge is -2.28. The van der Waals surface area contributed by atoms with E-state index < -0.39 is 6.04 Å². The van der Waals surface area contributed by atoms with E-state index in [1.54, 1.807) is 17.0 Å². The maximum Gasteiger partial charge on any atom is 0.243 e. The molecule has 0 saturated carbocycles. The van der Waals surface area contributed by atoms with Crippen molar-refractivity contribution in [3.63, 3.8) is 0 Å². The molecule has 1 heterocycles. The Bertz CT molecular complexity index is 567. The van der Waals surface area contributed by atoms with Crippen LogP contribution in [-0.4, -0.2) is 35.1 Å². The average Bonchev–Trinajstić information content (AvgIpc) is 2.96. The molecule has 0 aliphatic carbocycles. The van der Waals surface area contributed by atoms with Crippen LogP contribution in [0.4, 0.5) is 4.39 Å². The van der Waals surface area contributed by atoms with E-state index in [1.165, 1.54) is 30.8 Å². The van der Waals surface area contributed by atoms with Crippen LogP contribution in [0.15, 0.2) is 24.3 Å². The number of hydrogen-bond acceptors (Lipinski definition) is 3. The van der Waals surface area contributed by atoms with Gasteiger partial charge in [-0.05, 0) is 24.1 Å². The molecule has 1 fully saturated rings. The van der Waals surface area contributed by atoms with E-state index in [0.717, 1.165) is 19.3 Å². The standard InChI is InChI=1S/C17H23FN2O2S/c1-3-4-5-9-19-16(22)15-11-23-17(20(15)12(2)21)13-7-6-8-14(18)10-13/h6-8,10,15,17H,3-5,9,11H2,1-2H3,(H,19,22)/t15-,17-/m1/s1. The monoisotopic (exact) mass is 338 g/mol. The summed E-state index contributed by atoms with van der Waals surface area (Å²) in [6, 6.07) is 5.72. The molecular weight excluding hydrogens is 315 g/mol. The Morgan fingerprint density at radius 1 is 1.39 bits per heavy atom. The van der Waals surface area contributed by atoms with Crippen molar-refractivity contribution in [3.05, 3.63) is 35.6 Å². The van der Waals surface area contributed by atoms with Crippen molar-refractivity contribution < 1.29 is 14.0 Å². The minimum Gasteiger partial charge on any atom is -0.354 e. The fourth-order valence-corrected chi connectivity index (χ4v) is 4.19. The number of hydrogen-bond donors (Lipinski definition) is 1. The largest absolute Gasteiger partial charge is 0.354 e. The van der Waals surface area contributed by atoms with Gasteiger partial charge in [-0.3, -0.25) is 9.59 Å². The van der Waals surface area contributed by atoms with Gasteiger partial charge in [0.05, 0.1) is 0 Å². The second-order valence-electron chi connectivity index (χ2n) is 5.68. The summed E-state index contributed by atoms with van der Waals surface area (Å²) in [6.07, 6.45) is 3.11. The highest BCUT2D eigenvalue weighted by molar-refractivity contribution is 7.99. The second-order valence-corrected chi connectivity index (χ2v) is 6.79. The van der Waals surface area contributed by atoms with Crippen LogP contribution < -0.4 is 5.32 Å². The van der Waals surface area contributed by atoms with Crippen LogP contribution in [0.25, 0.3) is 0 Å². The van der Waals surface area contributed by atoms with Gasteiger partial charge in [0.1, 0.15) is 17.2 Å². The zero-order valence-corrected chi connectivity index (χ0v) is 14.4. The summed E-state index contributed by atoms with van der Waals surface area (Å²) in [4.78, 5) is 26.0. The van der Waals surface area contributed by atoms with E-state index in [9.17, 15) is 14.0 Å². The third-order valence-electron chi connectivity index (χ3n) is 3.88. The van der Waals surface area contributed by atoms with Crippen LogP contribution in [0.2, 0.25) is 0 Å². The van der Waals surface area contributed by atoms with E-state index in [2.05, 4.69) is 12.2 Å². The normalized spacial score (nSPS) is 20.6. The maximum absolute atomic E-state index is 13.5. The fourth-order valence-electron chi connectivity index (χ4n) is 2.71. The number of carbonyl (C=O) groups is 2. The number of benzene rings is 1. The molecule has 0 aromatic heterocycles. The van der Waals surface area contributed by atoms with Gasteiger partial charge in [-0.2, -0.15) is 0 Å². The van der Waals surface area contributed by atoms with Crippen molar-refractivity contribution in [1.82, 2.24) is 10.2 Å². The summed E-state index contributed by atoms with van der Waals surface area (Å²) in [5.74, 6) is -0.0971. The summed E-state index contributed by atoms with van der Waals surface area (Å²) in [5.41, 5.74) is 0.714. The Hall–Kier alpha value is -1.56. The molecule has 0 bridgehead atoms. The molecule has 0 radical (unpaired) electrons. The average molecular weight is 338 g/mol. The van der Waals surface area contributed by atoms with Gasteiger partial charge < -0.3 is 10.2 Å². The highest BCUT2D eigenvalue weighted by Gasteiger charge is 2.40. The summed E-state index contributed by atoms with van der Waals surface area (Å²) in [7, 11) is 0. The van der Waals surface area contributed by atoms with Crippen molar-refractivity contribution in [1.29, 1.82) is 0 Å². The number of unbranched alkanes of at least 4 members (excludes halogenated alkanes) is 2. The van der Waals surface area contributed by atoms with Crippen molar-refractivity contribution in [2.24, 2.45) is 0 Å². The third-order valence-corrected chi connectivity index (χ3v) is 5.20. The van der Waals surface area contributed by atoms with Crippen LogP contribution >= 0.6 is 11.8 Å². The second kappa shape index (κ2) is 8.34. The zero-order valence-electron chi connectivity index (χ0n) is 13.5. The molecule has 1 aliphatic heterocycles. The number of nitrogens with zero attached hydrogens (tertiary/aromatic N) is 1. The highest BCUT2D eigenvalue weighted by Crippen LogP contribution is 2.41. The molecular formula is C17H23FN2O2S. The molecule has 2 rings (SSSR count). The Kier molecular flexibility index (Phi) is 6.45. The van der Waals surface area contributed by atoms with E-state index in [0.29, 0.717) is 17.9 Å².